The third kappa shape index (κ3) is 1.55. The van der Waals surface area contributed by atoms with Crippen molar-refractivity contribution in [3.63, 3.8) is 0 Å². The van der Waals surface area contributed by atoms with Gasteiger partial charge in [-0.15, -0.1) is 0 Å². The van der Waals surface area contributed by atoms with Crippen LogP contribution >= 0.6 is 11.6 Å². The van der Waals surface area contributed by atoms with Crippen LogP contribution < -0.4 is 0 Å². The highest BCUT2D eigenvalue weighted by molar-refractivity contribution is 6.32. The summed E-state index contributed by atoms with van der Waals surface area (Å²) in [7, 11) is 1.35. The molecule has 1 aromatic rings. The van der Waals surface area contributed by atoms with Gasteiger partial charge in [-0.25, -0.2) is 0 Å². The van der Waals surface area contributed by atoms with Gasteiger partial charge in [-0.2, -0.15) is 0 Å². The Labute approximate surface area is 91.3 Å². The molecule has 0 bridgehead atoms. The highest BCUT2D eigenvalue weighted by atomic mass is 35.5. The van der Waals surface area contributed by atoms with Gasteiger partial charge in [0, 0.05) is 22.2 Å². The summed E-state index contributed by atoms with van der Waals surface area (Å²) >= 11 is 5.76. The molecule has 0 radical (unpaired) electrons. The summed E-state index contributed by atoms with van der Waals surface area (Å²) in [6, 6.07) is 4.60. The van der Waals surface area contributed by atoms with Gasteiger partial charge in [0.1, 0.15) is 0 Å². The molecule has 0 amide bonds. The van der Waals surface area contributed by atoms with E-state index in [0.29, 0.717) is 16.1 Å². The van der Waals surface area contributed by atoms with Crippen LogP contribution in [0.3, 0.4) is 0 Å². The smallest absolute Gasteiger partial charge is 0.228 e. The second-order valence-electron chi connectivity index (χ2n) is 3.10. The Balaban J connectivity index is 2.62. The Morgan fingerprint density at radius 1 is 1.20 bits per heavy atom. The van der Waals surface area contributed by atoms with Crippen LogP contribution in [0, 0.1) is 0 Å². The van der Waals surface area contributed by atoms with E-state index in [2.05, 4.69) is 0 Å². The SMILES string of the molecule is COC1=CC(=O)c2ccc(Cl)cc2C1=O. The van der Waals surface area contributed by atoms with Crippen molar-refractivity contribution in [3.8, 4) is 0 Å². The molecule has 4 heteroatoms. The van der Waals surface area contributed by atoms with Crippen molar-refractivity contribution in [1.29, 1.82) is 0 Å². The lowest BCUT2D eigenvalue weighted by Gasteiger charge is -2.13. The fraction of sp³-hybridized carbons (Fsp3) is 0.0909. The van der Waals surface area contributed by atoms with E-state index in [9.17, 15) is 9.59 Å². The molecule has 15 heavy (non-hydrogen) atoms. The van der Waals surface area contributed by atoms with Crippen molar-refractivity contribution in [2.24, 2.45) is 0 Å². The van der Waals surface area contributed by atoms with Crippen LogP contribution in [0.4, 0.5) is 0 Å². The predicted octanol–water partition coefficient (Wildman–Crippen LogP) is 2.25. The standard InChI is InChI=1S/C11H7ClO3/c1-15-10-5-9(13)7-3-2-6(12)4-8(7)11(10)14/h2-5H,1H3. The molecule has 0 saturated carbocycles. The lowest BCUT2D eigenvalue weighted by molar-refractivity contribution is 0.0916. The van der Waals surface area contributed by atoms with Gasteiger partial charge in [0.2, 0.25) is 5.78 Å². The van der Waals surface area contributed by atoms with Crippen molar-refractivity contribution >= 4 is 23.2 Å². The molecule has 76 valence electrons. The summed E-state index contributed by atoms with van der Waals surface area (Å²) in [5.41, 5.74) is 0.664. The minimum absolute atomic E-state index is 0.0507. The third-order valence-electron chi connectivity index (χ3n) is 2.20. The first-order valence-corrected chi connectivity index (χ1v) is 4.65. The molecule has 0 unspecified atom stereocenters. The summed E-state index contributed by atoms with van der Waals surface area (Å²) in [5, 5.41) is 0.423. The van der Waals surface area contributed by atoms with E-state index in [0.717, 1.165) is 0 Å². The predicted molar refractivity (Wildman–Crippen MR) is 55.2 cm³/mol. The quantitative estimate of drug-likeness (QED) is 0.732. The minimum atomic E-state index is -0.311. The number of ketones is 2. The number of hydrogen-bond donors (Lipinski definition) is 0. The molecule has 0 N–H and O–H groups in total. The Morgan fingerprint density at radius 3 is 2.60 bits per heavy atom. The van der Waals surface area contributed by atoms with E-state index in [-0.39, 0.29) is 17.3 Å². The van der Waals surface area contributed by atoms with Crippen molar-refractivity contribution in [2.45, 2.75) is 0 Å². The Kier molecular flexibility index (Phi) is 2.32. The molecule has 0 heterocycles. The normalized spacial score (nSPS) is 14.7. The number of halogens is 1. The highest BCUT2D eigenvalue weighted by Crippen LogP contribution is 2.24. The zero-order valence-corrected chi connectivity index (χ0v) is 8.67. The van der Waals surface area contributed by atoms with Crippen LogP contribution in [-0.4, -0.2) is 18.7 Å². The van der Waals surface area contributed by atoms with Crippen molar-refractivity contribution in [1.82, 2.24) is 0 Å². The van der Waals surface area contributed by atoms with Crippen LogP contribution in [0.5, 0.6) is 0 Å². The Bertz CT molecular complexity index is 489. The highest BCUT2D eigenvalue weighted by Gasteiger charge is 2.26. The number of methoxy groups -OCH3 is 1. The maximum atomic E-state index is 11.7. The number of carbonyl (C=O) groups is 2. The molecule has 3 nitrogen and oxygen atoms in total. The van der Waals surface area contributed by atoms with Crippen LogP contribution in [0.1, 0.15) is 20.7 Å². The van der Waals surface area contributed by atoms with Crippen molar-refractivity contribution < 1.29 is 14.3 Å². The number of Topliss-reactive ketones (excluding diaryl/α,β-unsaturated/α-hetero) is 1. The maximum absolute atomic E-state index is 11.7. The monoisotopic (exact) mass is 222 g/mol. The summed E-state index contributed by atoms with van der Waals surface area (Å²) in [5.74, 6) is -0.498. The number of ether oxygens (including phenoxy) is 1. The topological polar surface area (TPSA) is 43.4 Å². The molecule has 0 spiro atoms. The van der Waals surface area contributed by atoms with Gasteiger partial charge in [-0.3, -0.25) is 9.59 Å². The largest absolute Gasteiger partial charge is 0.492 e. The van der Waals surface area contributed by atoms with Crippen LogP contribution in [-0.2, 0) is 4.74 Å². The molecule has 2 rings (SSSR count). The van der Waals surface area contributed by atoms with Crippen LogP contribution in [0.15, 0.2) is 30.0 Å². The van der Waals surface area contributed by atoms with Gasteiger partial charge in [-0.05, 0) is 18.2 Å². The van der Waals surface area contributed by atoms with Gasteiger partial charge in [-0.1, -0.05) is 11.6 Å². The van der Waals surface area contributed by atoms with Crippen molar-refractivity contribution in [2.75, 3.05) is 7.11 Å². The van der Waals surface area contributed by atoms with Crippen LogP contribution in [0.2, 0.25) is 5.02 Å². The first-order chi connectivity index (χ1) is 7.13. The molecule has 0 fully saturated rings. The summed E-state index contributed by atoms with van der Waals surface area (Å²) in [6.45, 7) is 0. The number of fused-ring (bicyclic) bond motifs is 1. The van der Waals surface area contributed by atoms with Crippen LogP contribution in [0.25, 0.3) is 0 Å². The first-order valence-electron chi connectivity index (χ1n) is 4.27. The molecule has 1 aliphatic carbocycles. The van der Waals surface area contributed by atoms with E-state index in [4.69, 9.17) is 16.3 Å². The average Bonchev–Trinajstić information content (AvgIpc) is 2.23. The molecular formula is C11H7ClO3. The molecule has 1 aliphatic rings. The van der Waals surface area contributed by atoms with E-state index in [1.165, 1.54) is 19.3 Å². The fourth-order valence-corrected chi connectivity index (χ4v) is 1.64. The molecular weight excluding hydrogens is 216 g/mol. The van der Waals surface area contributed by atoms with Gasteiger partial charge in [0.15, 0.2) is 11.5 Å². The van der Waals surface area contributed by atoms with Gasteiger partial charge in [0.05, 0.1) is 7.11 Å². The van der Waals surface area contributed by atoms with Gasteiger partial charge < -0.3 is 4.74 Å². The zero-order chi connectivity index (χ0) is 11.0. The summed E-state index contributed by atoms with van der Waals surface area (Å²) in [4.78, 5) is 23.3. The lowest BCUT2D eigenvalue weighted by Crippen LogP contribution is -2.17. The van der Waals surface area contributed by atoms with Gasteiger partial charge in [0.25, 0.3) is 0 Å². The zero-order valence-electron chi connectivity index (χ0n) is 7.91. The number of hydrogen-bond acceptors (Lipinski definition) is 3. The molecule has 0 atom stereocenters. The molecule has 0 aromatic heterocycles. The van der Waals surface area contributed by atoms with Gasteiger partial charge >= 0.3 is 0 Å². The van der Waals surface area contributed by atoms with E-state index in [1.54, 1.807) is 12.1 Å². The fourth-order valence-electron chi connectivity index (χ4n) is 1.47. The third-order valence-corrected chi connectivity index (χ3v) is 2.43. The number of rotatable bonds is 1. The molecule has 0 saturated heterocycles. The summed E-state index contributed by atoms with van der Waals surface area (Å²) in [6.07, 6.45) is 1.19. The number of carbonyl (C=O) groups excluding carboxylic acids is 2. The Morgan fingerprint density at radius 2 is 1.93 bits per heavy atom. The van der Waals surface area contributed by atoms with Crippen molar-refractivity contribution in [3.05, 3.63) is 46.2 Å². The Hall–Kier alpha value is -1.61. The second-order valence-corrected chi connectivity index (χ2v) is 3.53. The lowest BCUT2D eigenvalue weighted by atomic mass is 9.94. The minimum Gasteiger partial charge on any atom is -0.492 e. The van der Waals surface area contributed by atoms with E-state index < -0.39 is 0 Å². The number of benzene rings is 1. The molecule has 0 aliphatic heterocycles. The first kappa shape index (κ1) is 9.93. The van der Waals surface area contributed by atoms with E-state index in [1.807, 2.05) is 0 Å². The second kappa shape index (κ2) is 3.51. The van der Waals surface area contributed by atoms with E-state index >= 15 is 0 Å². The number of allylic oxidation sites excluding steroid dienone is 2. The maximum Gasteiger partial charge on any atom is 0.228 e. The molecule has 1 aromatic carbocycles. The summed E-state index contributed by atoms with van der Waals surface area (Å²) < 4.78 is 4.82. The average molecular weight is 223 g/mol.